The van der Waals surface area contributed by atoms with E-state index in [1.54, 1.807) is 0 Å². The Bertz CT molecular complexity index is 517. The molecular formula is C12H14N2O2. The molecule has 0 aliphatic rings. The number of hydrogen-bond acceptors (Lipinski definition) is 2. The molecule has 2 N–H and O–H groups in total. The maximum atomic E-state index is 11.8. The van der Waals surface area contributed by atoms with E-state index in [1.165, 1.54) is 0 Å². The molecule has 1 heterocycles. The summed E-state index contributed by atoms with van der Waals surface area (Å²) in [6.45, 7) is 4.15. The van der Waals surface area contributed by atoms with Crippen molar-refractivity contribution in [2.24, 2.45) is 0 Å². The average Bonchev–Trinajstić information content (AvgIpc) is 2.62. The van der Waals surface area contributed by atoms with Gasteiger partial charge in [0.2, 0.25) is 0 Å². The SMILES string of the molecule is CCONC(=O)c1c(C)[nH]c2ccccc12. The van der Waals surface area contributed by atoms with Gasteiger partial charge in [-0.15, -0.1) is 0 Å². The molecule has 0 bridgehead atoms. The smallest absolute Gasteiger partial charge is 0.277 e. The Morgan fingerprint density at radius 3 is 2.94 bits per heavy atom. The number of para-hydroxylation sites is 1. The van der Waals surface area contributed by atoms with E-state index in [4.69, 9.17) is 4.84 Å². The zero-order valence-electron chi connectivity index (χ0n) is 9.33. The Balaban J connectivity index is 2.43. The first kappa shape index (κ1) is 10.7. The van der Waals surface area contributed by atoms with E-state index < -0.39 is 0 Å². The molecule has 1 amide bonds. The van der Waals surface area contributed by atoms with Gasteiger partial charge in [-0.2, -0.15) is 0 Å². The summed E-state index contributed by atoms with van der Waals surface area (Å²) < 4.78 is 0. The van der Waals surface area contributed by atoms with Gasteiger partial charge >= 0.3 is 0 Å². The highest BCUT2D eigenvalue weighted by Crippen LogP contribution is 2.21. The number of carbonyl (C=O) groups excluding carboxylic acids is 1. The van der Waals surface area contributed by atoms with Gasteiger partial charge in [0, 0.05) is 16.6 Å². The Kier molecular flexibility index (Phi) is 2.92. The lowest BCUT2D eigenvalue weighted by Gasteiger charge is -2.03. The minimum atomic E-state index is -0.211. The van der Waals surface area contributed by atoms with Crippen LogP contribution in [0.15, 0.2) is 24.3 Å². The molecule has 0 radical (unpaired) electrons. The Hall–Kier alpha value is -1.81. The first-order valence-corrected chi connectivity index (χ1v) is 5.23. The second kappa shape index (κ2) is 4.37. The van der Waals surface area contributed by atoms with E-state index in [2.05, 4.69) is 10.5 Å². The molecule has 0 atom stereocenters. The van der Waals surface area contributed by atoms with Crippen molar-refractivity contribution in [1.29, 1.82) is 0 Å². The van der Waals surface area contributed by atoms with Crippen LogP contribution in [0.5, 0.6) is 0 Å². The highest BCUT2D eigenvalue weighted by Gasteiger charge is 2.15. The van der Waals surface area contributed by atoms with Gasteiger partial charge in [0.05, 0.1) is 12.2 Å². The molecule has 1 aromatic heterocycles. The van der Waals surface area contributed by atoms with Crippen LogP contribution in [0.2, 0.25) is 0 Å². The number of aromatic amines is 1. The van der Waals surface area contributed by atoms with Gasteiger partial charge in [-0.1, -0.05) is 18.2 Å². The van der Waals surface area contributed by atoms with Crippen molar-refractivity contribution >= 4 is 16.8 Å². The van der Waals surface area contributed by atoms with Crippen LogP contribution >= 0.6 is 0 Å². The maximum Gasteiger partial charge on any atom is 0.277 e. The molecule has 4 nitrogen and oxygen atoms in total. The van der Waals surface area contributed by atoms with Crippen LogP contribution in [0.25, 0.3) is 10.9 Å². The predicted octanol–water partition coefficient (Wildman–Crippen LogP) is 2.16. The number of benzene rings is 1. The average molecular weight is 218 g/mol. The molecule has 0 saturated heterocycles. The summed E-state index contributed by atoms with van der Waals surface area (Å²) in [6, 6.07) is 7.70. The molecule has 0 saturated carbocycles. The van der Waals surface area contributed by atoms with Crippen molar-refractivity contribution in [3.63, 3.8) is 0 Å². The number of aryl methyl sites for hydroxylation is 1. The van der Waals surface area contributed by atoms with Crippen molar-refractivity contribution in [3.05, 3.63) is 35.5 Å². The molecule has 0 aliphatic heterocycles. The summed E-state index contributed by atoms with van der Waals surface area (Å²) in [5, 5.41) is 0.914. The number of rotatable bonds is 3. The van der Waals surface area contributed by atoms with Crippen LogP contribution in [0, 0.1) is 6.92 Å². The van der Waals surface area contributed by atoms with E-state index in [-0.39, 0.29) is 5.91 Å². The van der Waals surface area contributed by atoms with E-state index in [0.29, 0.717) is 12.2 Å². The van der Waals surface area contributed by atoms with Gasteiger partial charge in [0.25, 0.3) is 5.91 Å². The van der Waals surface area contributed by atoms with Gasteiger partial charge in [0.1, 0.15) is 0 Å². The fourth-order valence-electron chi connectivity index (χ4n) is 1.76. The van der Waals surface area contributed by atoms with Crippen LogP contribution in [-0.2, 0) is 4.84 Å². The summed E-state index contributed by atoms with van der Waals surface area (Å²) in [7, 11) is 0. The van der Waals surface area contributed by atoms with Crippen molar-refractivity contribution in [1.82, 2.24) is 10.5 Å². The van der Waals surface area contributed by atoms with Crippen LogP contribution < -0.4 is 5.48 Å². The van der Waals surface area contributed by atoms with Gasteiger partial charge in [-0.3, -0.25) is 9.63 Å². The summed E-state index contributed by atoms with van der Waals surface area (Å²) in [6.07, 6.45) is 0. The number of H-pyrrole nitrogens is 1. The Morgan fingerprint density at radius 1 is 1.44 bits per heavy atom. The number of hydroxylamine groups is 1. The quantitative estimate of drug-likeness (QED) is 0.775. The normalized spacial score (nSPS) is 10.6. The van der Waals surface area contributed by atoms with E-state index in [1.807, 2.05) is 38.1 Å². The minimum absolute atomic E-state index is 0.211. The zero-order valence-corrected chi connectivity index (χ0v) is 9.33. The predicted molar refractivity (Wildman–Crippen MR) is 62.1 cm³/mol. The molecule has 16 heavy (non-hydrogen) atoms. The van der Waals surface area contributed by atoms with Crippen molar-refractivity contribution < 1.29 is 9.63 Å². The van der Waals surface area contributed by atoms with Gasteiger partial charge in [0.15, 0.2) is 0 Å². The third-order valence-electron chi connectivity index (χ3n) is 2.43. The standard InChI is InChI=1S/C12H14N2O2/c1-3-16-14-12(15)11-8(2)13-10-7-5-4-6-9(10)11/h4-7,13H,3H2,1-2H3,(H,14,15). The number of nitrogens with one attached hydrogen (secondary N) is 2. The fraction of sp³-hybridized carbons (Fsp3) is 0.250. The van der Waals surface area contributed by atoms with Crippen LogP contribution in [-0.4, -0.2) is 17.5 Å². The van der Waals surface area contributed by atoms with Gasteiger partial charge in [-0.25, -0.2) is 5.48 Å². The third-order valence-corrected chi connectivity index (χ3v) is 2.43. The molecule has 4 heteroatoms. The second-order valence-electron chi connectivity index (χ2n) is 3.53. The molecule has 2 aromatic rings. The van der Waals surface area contributed by atoms with E-state index in [0.717, 1.165) is 16.6 Å². The topological polar surface area (TPSA) is 54.1 Å². The first-order valence-electron chi connectivity index (χ1n) is 5.23. The van der Waals surface area contributed by atoms with E-state index >= 15 is 0 Å². The van der Waals surface area contributed by atoms with Crippen molar-refractivity contribution in [2.45, 2.75) is 13.8 Å². The lowest BCUT2D eigenvalue weighted by molar-refractivity contribution is 0.0365. The monoisotopic (exact) mass is 218 g/mol. The van der Waals surface area contributed by atoms with Crippen LogP contribution in [0.4, 0.5) is 0 Å². The number of carbonyl (C=O) groups is 1. The van der Waals surface area contributed by atoms with Crippen molar-refractivity contribution in [3.8, 4) is 0 Å². The fourth-order valence-corrected chi connectivity index (χ4v) is 1.76. The summed E-state index contributed by atoms with van der Waals surface area (Å²) in [4.78, 5) is 19.9. The summed E-state index contributed by atoms with van der Waals surface area (Å²) >= 11 is 0. The molecule has 84 valence electrons. The van der Waals surface area contributed by atoms with Crippen molar-refractivity contribution in [2.75, 3.05) is 6.61 Å². The van der Waals surface area contributed by atoms with Crippen LogP contribution in [0.3, 0.4) is 0 Å². The van der Waals surface area contributed by atoms with Gasteiger partial charge < -0.3 is 4.98 Å². The lowest BCUT2D eigenvalue weighted by atomic mass is 10.1. The molecular weight excluding hydrogens is 204 g/mol. The summed E-state index contributed by atoms with van der Waals surface area (Å²) in [5.74, 6) is -0.211. The highest BCUT2D eigenvalue weighted by atomic mass is 16.6. The zero-order chi connectivity index (χ0) is 11.5. The Morgan fingerprint density at radius 2 is 2.19 bits per heavy atom. The first-order chi connectivity index (χ1) is 7.74. The second-order valence-corrected chi connectivity index (χ2v) is 3.53. The summed E-state index contributed by atoms with van der Waals surface area (Å²) in [5.41, 5.74) is 4.86. The van der Waals surface area contributed by atoms with Crippen LogP contribution in [0.1, 0.15) is 23.0 Å². The number of fused-ring (bicyclic) bond motifs is 1. The number of amides is 1. The molecule has 0 aliphatic carbocycles. The molecule has 0 spiro atoms. The van der Waals surface area contributed by atoms with E-state index in [9.17, 15) is 4.79 Å². The minimum Gasteiger partial charge on any atom is -0.358 e. The number of aromatic nitrogens is 1. The molecule has 2 rings (SSSR count). The van der Waals surface area contributed by atoms with Gasteiger partial charge in [-0.05, 0) is 19.9 Å². The molecule has 1 aromatic carbocycles. The highest BCUT2D eigenvalue weighted by molar-refractivity contribution is 6.07. The third kappa shape index (κ3) is 1.79. The number of hydrogen-bond donors (Lipinski definition) is 2. The molecule has 0 unspecified atom stereocenters. The Labute approximate surface area is 93.6 Å². The molecule has 0 fully saturated rings. The maximum absolute atomic E-state index is 11.8. The largest absolute Gasteiger partial charge is 0.358 e. The lowest BCUT2D eigenvalue weighted by Crippen LogP contribution is -2.24.